The fourth-order valence-corrected chi connectivity index (χ4v) is 3.94. The highest BCUT2D eigenvalue weighted by atomic mass is 35.5. The molecule has 1 amide bonds. The summed E-state index contributed by atoms with van der Waals surface area (Å²) < 4.78 is 7.03. The second-order valence-corrected chi connectivity index (χ2v) is 8.57. The lowest BCUT2D eigenvalue weighted by Crippen LogP contribution is -2.14. The summed E-state index contributed by atoms with van der Waals surface area (Å²) in [5.41, 5.74) is 2.07. The molecule has 0 radical (unpaired) electrons. The molecular weight excluding hydrogens is 462 g/mol. The second kappa shape index (κ2) is 8.51. The number of halogens is 1. The van der Waals surface area contributed by atoms with Gasteiger partial charge in [-0.15, -0.1) is 10.2 Å². The van der Waals surface area contributed by atoms with E-state index in [-0.39, 0.29) is 5.15 Å². The van der Waals surface area contributed by atoms with E-state index in [4.69, 9.17) is 16.3 Å². The van der Waals surface area contributed by atoms with Crippen molar-refractivity contribution in [1.29, 1.82) is 5.26 Å². The fraction of sp³-hybridized carbons (Fsp3) is 0.182. The van der Waals surface area contributed by atoms with Crippen molar-refractivity contribution in [2.24, 2.45) is 5.92 Å². The van der Waals surface area contributed by atoms with Crippen LogP contribution in [0.5, 0.6) is 5.75 Å². The van der Waals surface area contributed by atoms with E-state index in [2.05, 4.69) is 43.4 Å². The van der Waals surface area contributed by atoms with E-state index in [0.29, 0.717) is 49.8 Å². The Hall–Kier alpha value is -3.99. The number of ether oxygens (including phenoxy) is 1. The Balaban J connectivity index is 1.57. The maximum atomic E-state index is 13.3. The number of aromatic nitrogens is 5. The third-order valence-electron chi connectivity index (χ3n) is 4.96. The zero-order chi connectivity index (χ0) is 22.9. The summed E-state index contributed by atoms with van der Waals surface area (Å²) in [6.07, 6.45) is 6.79. The molecule has 1 saturated carbocycles. The topological polar surface area (TPSA) is 118 Å². The van der Waals surface area contributed by atoms with Crippen LogP contribution < -0.4 is 10.1 Å². The van der Waals surface area contributed by atoms with Crippen LogP contribution in [0.1, 0.15) is 33.9 Å². The van der Waals surface area contributed by atoms with Gasteiger partial charge in [0.1, 0.15) is 28.3 Å². The number of nitrogens with zero attached hydrogens (tertiary/aromatic N) is 6. The number of anilines is 1. The Labute approximate surface area is 197 Å². The molecule has 1 aliphatic carbocycles. The molecular formula is C22H14ClN7O2S. The second-order valence-electron chi connectivity index (χ2n) is 7.20. The lowest BCUT2D eigenvalue weighted by molar-refractivity contribution is 0.102. The molecule has 0 saturated heterocycles. The van der Waals surface area contributed by atoms with Crippen LogP contribution in [0.4, 0.5) is 5.13 Å². The average molecular weight is 476 g/mol. The van der Waals surface area contributed by atoms with Crippen LogP contribution in [0.15, 0.2) is 30.7 Å². The van der Waals surface area contributed by atoms with E-state index in [1.54, 1.807) is 22.7 Å². The molecule has 0 spiro atoms. The summed E-state index contributed by atoms with van der Waals surface area (Å²) in [5, 5.41) is 21.3. The number of hydrogen-bond acceptors (Lipinski definition) is 8. The maximum absolute atomic E-state index is 13.3. The lowest BCUT2D eigenvalue weighted by atomic mass is 10.0. The lowest BCUT2D eigenvalue weighted by Gasteiger charge is -2.13. The van der Waals surface area contributed by atoms with Gasteiger partial charge in [-0.3, -0.25) is 14.5 Å². The molecule has 4 aromatic rings. The molecule has 0 unspecified atom stereocenters. The Morgan fingerprint density at radius 2 is 2.12 bits per heavy atom. The molecule has 11 heteroatoms. The van der Waals surface area contributed by atoms with Gasteiger partial charge in [-0.25, -0.2) is 9.97 Å². The number of nitrogens with one attached hydrogen (secondary N) is 1. The molecule has 4 aromatic heterocycles. The van der Waals surface area contributed by atoms with E-state index < -0.39 is 5.91 Å². The summed E-state index contributed by atoms with van der Waals surface area (Å²) in [5.74, 6) is 6.55. The van der Waals surface area contributed by atoms with Crippen LogP contribution in [0.3, 0.4) is 0 Å². The number of rotatable bonds is 4. The van der Waals surface area contributed by atoms with Gasteiger partial charge in [0.2, 0.25) is 5.13 Å². The van der Waals surface area contributed by atoms with Crippen molar-refractivity contribution in [3.05, 3.63) is 52.1 Å². The number of carbonyl (C=O) groups excluding carboxylic acids is 1. The molecule has 0 atom stereocenters. The third-order valence-corrected chi connectivity index (χ3v) is 5.92. The van der Waals surface area contributed by atoms with Crippen molar-refractivity contribution < 1.29 is 9.53 Å². The van der Waals surface area contributed by atoms with E-state index >= 15 is 0 Å². The minimum absolute atomic E-state index is 0.228. The minimum Gasteiger partial charge on any atom is -0.494 e. The van der Waals surface area contributed by atoms with Crippen molar-refractivity contribution >= 4 is 39.6 Å². The molecule has 1 aliphatic rings. The molecule has 1 fully saturated rings. The van der Waals surface area contributed by atoms with Gasteiger partial charge in [-0.05, 0) is 30.9 Å². The Morgan fingerprint density at radius 3 is 2.88 bits per heavy atom. The van der Waals surface area contributed by atoms with Gasteiger partial charge >= 0.3 is 0 Å². The summed E-state index contributed by atoms with van der Waals surface area (Å²) in [6, 6.07) is 5.27. The van der Waals surface area contributed by atoms with Gasteiger partial charge in [0, 0.05) is 23.2 Å². The minimum atomic E-state index is -0.429. The van der Waals surface area contributed by atoms with E-state index in [0.717, 1.165) is 12.8 Å². The maximum Gasteiger partial charge on any atom is 0.258 e. The molecule has 162 valence electrons. The molecule has 5 rings (SSSR count). The number of pyridine rings is 2. The number of fused-ring (bicyclic) bond motifs is 1. The van der Waals surface area contributed by atoms with Gasteiger partial charge in [-0.2, -0.15) is 5.26 Å². The number of amides is 1. The zero-order valence-corrected chi connectivity index (χ0v) is 18.7. The monoisotopic (exact) mass is 475 g/mol. The molecule has 0 bridgehead atoms. The van der Waals surface area contributed by atoms with Crippen molar-refractivity contribution in [3.63, 3.8) is 0 Å². The summed E-state index contributed by atoms with van der Waals surface area (Å²) in [7, 11) is 1.50. The first-order chi connectivity index (χ1) is 16.1. The summed E-state index contributed by atoms with van der Waals surface area (Å²) in [4.78, 5) is 21.6. The smallest absolute Gasteiger partial charge is 0.258 e. The first-order valence-corrected chi connectivity index (χ1v) is 11.0. The molecule has 0 aromatic carbocycles. The SMILES string of the molecule is COc1cnc(Cl)cc1-c1cn2c(C#N)cnc2cc1C(=O)Nc1nnc(C#CC2CC2)s1. The van der Waals surface area contributed by atoms with Crippen LogP contribution in [0.25, 0.3) is 16.8 Å². The van der Waals surface area contributed by atoms with Gasteiger partial charge in [0.15, 0.2) is 5.01 Å². The number of carbonyl (C=O) groups is 1. The van der Waals surface area contributed by atoms with Crippen LogP contribution in [-0.2, 0) is 0 Å². The normalized spacial score (nSPS) is 12.6. The predicted octanol–water partition coefficient (Wildman–Crippen LogP) is 3.80. The third kappa shape index (κ3) is 4.22. The van der Waals surface area contributed by atoms with E-state index in [1.165, 1.54) is 30.8 Å². The average Bonchev–Trinajstić information content (AvgIpc) is 3.40. The van der Waals surface area contributed by atoms with Crippen LogP contribution >= 0.6 is 22.9 Å². The van der Waals surface area contributed by atoms with Gasteiger partial charge in [0.05, 0.1) is 25.1 Å². The van der Waals surface area contributed by atoms with Gasteiger partial charge in [0.25, 0.3) is 5.91 Å². The first kappa shape index (κ1) is 20.9. The van der Waals surface area contributed by atoms with E-state index in [1.807, 2.05) is 0 Å². The van der Waals surface area contributed by atoms with Crippen molar-refractivity contribution in [2.45, 2.75) is 12.8 Å². The Kier molecular flexibility index (Phi) is 5.38. The standard InChI is InChI=1S/C22H14ClN7O2S/c1-32-17-10-25-18(23)6-14(17)16-11-30-13(8-24)9-26-19(30)7-15(16)21(31)27-22-29-28-20(33-22)5-4-12-2-3-12/h6-7,9-12H,2-3H2,1H3,(H,27,29,31). The van der Waals surface area contributed by atoms with Gasteiger partial charge in [-0.1, -0.05) is 28.9 Å². The highest BCUT2D eigenvalue weighted by Crippen LogP contribution is 2.35. The zero-order valence-electron chi connectivity index (χ0n) is 17.2. The number of imidazole rings is 1. The number of methoxy groups -OCH3 is 1. The Bertz CT molecular complexity index is 1500. The highest BCUT2D eigenvalue weighted by molar-refractivity contribution is 7.15. The number of hydrogen-bond donors (Lipinski definition) is 1. The quantitative estimate of drug-likeness (QED) is 0.352. The van der Waals surface area contributed by atoms with E-state index in [9.17, 15) is 10.1 Å². The molecule has 1 N–H and O–H groups in total. The molecule has 9 nitrogen and oxygen atoms in total. The van der Waals surface area contributed by atoms with Crippen molar-refractivity contribution in [1.82, 2.24) is 24.6 Å². The number of nitriles is 1. The first-order valence-electron chi connectivity index (χ1n) is 9.83. The van der Waals surface area contributed by atoms with Gasteiger partial charge < -0.3 is 4.74 Å². The van der Waals surface area contributed by atoms with Crippen molar-refractivity contribution in [2.75, 3.05) is 12.4 Å². The molecule has 0 aliphatic heterocycles. The largest absolute Gasteiger partial charge is 0.494 e. The van der Waals surface area contributed by atoms with Crippen LogP contribution in [-0.4, -0.2) is 37.6 Å². The van der Waals surface area contributed by atoms with Crippen LogP contribution in [0, 0.1) is 29.1 Å². The molecule has 33 heavy (non-hydrogen) atoms. The Morgan fingerprint density at radius 1 is 1.27 bits per heavy atom. The summed E-state index contributed by atoms with van der Waals surface area (Å²) in [6.45, 7) is 0. The predicted molar refractivity (Wildman–Crippen MR) is 122 cm³/mol. The van der Waals surface area contributed by atoms with Crippen molar-refractivity contribution in [3.8, 4) is 34.8 Å². The molecule has 4 heterocycles. The fourth-order valence-electron chi connectivity index (χ4n) is 3.18. The van der Waals surface area contributed by atoms with Crippen LogP contribution in [0.2, 0.25) is 5.15 Å². The summed E-state index contributed by atoms with van der Waals surface area (Å²) >= 11 is 7.33. The highest BCUT2D eigenvalue weighted by Gasteiger charge is 2.21.